The number of benzene rings is 2. The van der Waals surface area contributed by atoms with Gasteiger partial charge in [0.15, 0.2) is 0 Å². The first-order chi connectivity index (χ1) is 17.3. The molecule has 4 aromatic rings. The number of aromatic nitrogens is 4. The van der Waals surface area contributed by atoms with Gasteiger partial charge in [0, 0.05) is 43.8 Å². The maximum Gasteiger partial charge on any atom is 0.129 e. The Morgan fingerprint density at radius 2 is 1.60 bits per heavy atom. The summed E-state index contributed by atoms with van der Waals surface area (Å²) in [7, 11) is 0. The molecule has 0 radical (unpaired) electrons. The van der Waals surface area contributed by atoms with Crippen LogP contribution in [-0.2, 0) is 19.6 Å². The van der Waals surface area contributed by atoms with Crippen molar-refractivity contribution in [1.82, 2.24) is 24.0 Å². The quantitative estimate of drug-likeness (QED) is 0.380. The van der Waals surface area contributed by atoms with Crippen molar-refractivity contribution in [1.29, 1.82) is 0 Å². The number of likely N-dealkylation sites (tertiary alicyclic amines) is 1. The Morgan fingerprint density at radius 3 is 2.43 bits per heavy atom. The molecule has 2 aromatic carbocycles. The molecule has 35 heavy (non-hydrogen) atoms. The van der Waals surface area contributed by atoms with E-state index in [-0.39, 0.29) is 6.61 Å². The zero-order chi connectivity index (χ0) is 23.9. The number of aliphatic hydroxyl groups is 1. The SMILES string of the molecule is OCCOc1cccc(CN2CCC(c3nccn3Cc3nccn3Cc3ccccc3)CC2)c1. The van der Waals surface area contributed by atoms with Crippen molar-refractivity contribution < 1.29 is 9.84 Å². The van der Waals surface area contributed by atoms with Crippen LogP contribution in [0.1, 0.15) is 41.5 Å². The molecular weight excluding hydrogens is 438 g/mol. The topological polar surface area (TPSA) is 68.3 Å². The smallest absolute Gasteiger partial charge is 0.129 e. The number of aliphatic hydroxyl groups excluding tert-OH is 1. The Balaban J connectivity index is 1.18. The van der Waals surface area contributed by atoms with E-state index in [0.717, 1.165) is 57.1 Å². The van der Waals surface area contributed by atoms with Crippen LogP contribution < -0.4 is 4.74 Å². The number of nitrogens with zero attached hydrogens (tertiary/aromatic N) is 5. The van der Waals surface area contributed by atoms with E-state index in [9.17, 15) is 0 Å². The maximum atomic E-state index is 8.98. The molecule has 0 amide bonds. The predicted octanol–water partition coefficient (Wildman–Crippen LogP) is 3.93. The molecule has 0 bridgehead atoms. The van der Waals surface area contributed by atoms with Gasteiger partial charge in [-0.05, 0) is 49.2 Å². The molecule has 1 saturated heterocycles. The fraction of sp³-hybridized carbons (Fsp3) is 0.357. The number of hydrogen-bond acceptors (Lipinski definition) is 5. The molecule has 0 aliphatic carbocycles. The third-order valence-electron chi connectivity index (χ3n) is 6.67. The lowest BCUT2D eigenvalue weighted by Crippen LogP contribution is -2.33. The molecule has 1 fully saturated rings. The highest BCUT2D eigenvalue weighted by Gasteiger charge is 2.24. The van der Waals surface area contributed by atoms with E-state index in [2.05, 4.69) is 67.8 Å². The van der Waals surface area contributed by atoms with Crippen LogP contribution in [0.5, 0.6) is 5.75 Å². The second kappa shape index (κ2) is 11.3. The summed E-state index contributed by atoms with van der Waals surface area (Å²) >= 11 is 0. The third kappa shape index (κ3) is 5.99. The Labute approximate surface area is 206 Å². The van der Waals surface area contributed by atoms with E-state index in [4.69, 9.17) is 14.8 Å². The minimum atomic E-state index is 0.0302. The van der Waals surface area contributed by atoms with Crippen molar-refractivity contribution in [3.63, 3.8) is 0 Å². The van der Waals surface area contributed by atoms with Crippen LogP contribution in [0.15, 0.2) is 79.4 Å². The molecule has 3 heterocycles. The normalized spacial score (nSPS) is 14.9. The Morgan fingerprint density at radius 1 is 0.829 bits per heavy atom. The first-order valence-electron chi connectivity index (χ1n) is 12.4. The van der Waals surface area contributed by atoms with Gasteiger partial charge in [0.25, 0.3) is 0 Å². The average Bonchev–Trinajstić information content (AvgIpc) is 3.54. The van der Waals surface area contributed by atoms with Crippen LogP contribution in [0.2, 0.25) is 0 Å². The molecule has 0 spiro atoms. The van der Waals surface area contributed by atoms with Crippen molar-refractivity contribution >= 4 is 0 Å². The van der Waals surface area contributed by atoms with Gasteiger partial charge in [0.1, 0.15) is 24.0 Å². The second-order valence-corrected chi connectivity index (χ2v) is 9.14. The molecular formula is C28H33N5O2. The van der Waals surface area contributed by atoms with Gasteiger partial charge in [-0.2, -0.15) is 0 Å². The van der Waals surface area contributed by atoms with E-state index in [0.29, 0.717) is 12.5 Å². The summed E-state index contributed by atoms with van der Waals surface area (Å²) in [5, 5.41) is 8.98. The summed E-state index contributed by atoms with van der Waals surface area (Å²) in [5.41, 5.74) is 2.51. The van der Waals surface area contributed by atoms with Crippen LogP contribution in [0.3, 0.4) is 0 Å². The van der Waals surface area contributed by atoms with Gasteiger partial charge in [-0.25, -0.2) is 9.97 Å². The van der Waals surface area contributed by atoms with Gasteiger partial charge >= 0.3 is 0 Å². The Kier molecular flexibility index (Phi) is 7.56. The molecule has 2 aromatic heterocycles. The molecule has 0 atom stereocenters. The lowest BCUT2D eigenvalue weighted by atomic mass is 9.95. The van der Waals surface area contributed by atoms with Crippen LogP contribution >= 0.6 is 0 Å². The molecule has 1 aliphatic rings. The number of imidazole rings is 2. The summed E-state index contributed by atoms with van der Waals surface area (Å²) in [4.78, 5) is 11.9. The van der Waals surface area contributed by atoms with E-state index >= 15 is 0 Å². The number of hydrogen-bond donors (Lipinski definition) is 1. The fourth-order valence-electron chi connectivity index (χ4n) is 4.89. The van der Waals surface area contributed by atoms with E-state index in [1.165, 1.54) is 17.0 Å². The van der Waals surface area contributed by atoms with Crippen molar-refractivity contribution in [2.75, 3.05) is 26.3 Å². The zero-order valence-corrected chi connectivity index (χ0v) is 20.0. The molecule has 5 rings (SSSR count). The summed E-state index contributed by atoms with van der Waals surface area (Å²) < 4.78 is 10.1. The van der Waals surface area contributed by atoms with Crippen molar-refractivity contribution in [2.45, 2.75) is 38.4 Å². The molecule has 7 nitrogen and oxygen atoms in total. The van der Waals surface area contributed by atoms with E-state index < -0.39 is 0 Å². The summed E-state index contributed by atoms with van der Waals surface area (Å²) in [6.07, 6.45) is 10.1. The minimum absolute atomic E-state index is 0.0302. The molecule has 0 unspecified atom stereocenters. The van der Waals surface area contributed by atoms with Crippen molar-refractivity contribution in [2.24, 2.45) is 0 Å². The van der Waals surface area contributed by atoms with E-state index in [1.54, 1.807) is 0 Å². The summed E-state index contributed by atoms with van der Waals surface area (Å²) in [6.45, 7) is 4.91. The van der Waals surface area contributed by atoms with Crippen molar-refractivity contribution in [3.8, 4) is 5.75 Å². The largest absolute Gasteiger partial charge is 0.491 e. The molecule has 1 aliphatic heterocycles. The van der Waals surface area contributed by atoms with Gasteiger partial charge in [-0.3, -0.25) is 4.90 Å². The average molecular weight is 472 g/mol. The van der Waals surface area contributed by atoms with Gasteiger partial charge in [0.05, 0.1) is 13.2 Å². The lowest BCUT2D eigenvalue weighted by molar-refractivity contribution is 0.196. The molecule has 1 N–H and O–H groups in total. The van der Waals surface area contributed by atoms with Gasteiger partial charge in [0.2, 0.25) is 0 Å². The number of ether oxygens (including phenoxy) is 1. The van der Waals surface area contributed by atoms with Crippen molar-refractivity contribution in [3.05, 3.63) is 102 Å². The zero-order valence-electron chi connectivity index (χ0n) is 20.0. The minimum Gasteiger partial charge on any atom is -0.491 e. The highest BCUT2D eigenvalue weighted by Crippen LogP contribution is 2.28. The first kappa shape index (κ1) is 23.3. The molecule has 7 heteroatoms. The van der Waals surface area contributed by atoms with Crippen LogP contribution in [0.25, 0.3) is 0 Å². The number of piperidine rings is 1. The second-order valence-electron chi connectivity index (χ2n) is 9.14. The first-order valence-corrected chi connectivity index (χ1v) is 12.4. The van der Waals surface area contributed by atoms with Crippen LogP contribution in [0.4, 0.5) is 0 Å². The maximum absolute atomic E-state index is 8.98. The van der Waals surface area contributed by atoms with Crippen LogP contribution in [-0.4, -0.2) is 55.4 Å². The lowest BCUT2D eigenvalue weighted by Gasteiger charge is -2.32. The fourth-order valence-corrected chi connectivity index (χ4v) is 4.89. The Hall–Kier alpha value is -3.42. The molecule has 182 valence electrons. The van der Waals surface area contributed by atoms with Gasteiger partial charge in [-0.1, -0.05) is 42.5 Å². The van der Waals surface area contributed by atoms with Gasteiger partial charge < -0.3 is 19.0 Å². The molecule has 0 saturated carbocycles. The summed E-state index contributed by atoms with van der Waals surface area (Å²) in [5.74, 6) is 3.49. The highest BCUT2D eigenvalue weighted by molar-refractivity contribution is 5.28. The summed E-state index contributed by atoms with van der Waals surface area (Å²) in [6, 6.07) is 18.7. The van der Waals surface area contributed by atoms with E-state index in [1.807, 2.05) is 30.6 Å². The highest BCUT2D eigenvalue weighted by atomic mass is 16.5. The standard InChI is InChI=1S/C28H33N5O2/c34-17-18-35-26-8-4-7-24(19-26)20-31-13-9-25(10-14-31)28-30-12-16-33(28)22-27-29-11-15-32(27)21-23-5-2-1-3-6-23/h1-8,11-12,15-16,19,25,34H,9-10,13-14,17-18,20-22H2. The van der Waals surface area contributed by atoms with Crippen LogP contribution in [0, 0.1) is 0 Å². The predicted molar refractivity (Wildman–Crippen MR) is 135 cm³/mol. The third-order valence-corrected chi connectivity index (χ3v) is 6.67. The monoisotopic (exact) mass is 471 g/mol. The number of rotatable bonds is 10. The van der Waals surface area contributed by atoms with Gasteiger partial charge in [-0.15, -0.1) is 0 Å². The Bertz CT molecular complexity index is 1190.